The summed E-state index contributed by atoms with van der Waals surface area (Å²) in [4.78, 5) is 7.02. The molecule has 1 N–H and O–H groups in total. The van der Waals surface area contributed by atoms with Crippen LogP contribution in [-0.4, -0.2) is 24.6 Å². The quantitative estimate of drug-likeness (QED) is 0.894. The highest BCUT2D eigenvalue weighted by Gasteiger charge is 2.24. The van der Waals surface area contributed by atoms with Crippen LogP contribution in [0.15, 0.2) is 12.3 Å². The van der Waals surface area contributed by atoms with Crippen LogP contribution < -0.4 is 10.2 Å². The van der Waals surface area contributed by atoms with Gasteiger partial charge in [-0.15, -0.1) is 0 Å². The molecule has 0 radical (unpaired) electrons. The molecule has 1 aromatic heterocycles. The van der Waals surface area contributed by atoms with Crippen molar-refractivity contribution in [3.05, 3.63) is 22.8 Å². The highest BCUT2D eigenvalue weighted by Crippen LogP contribution is 2.31. The fourth-order valence-electron chi connectivity index (χ4n) is 2.90. The number of anilines is 1. The Bertz CT molecular complexity index is 406. The number of hydrogen-bond donors (Lipinski definition) is 1. The monoisotopic (exact) mass is 281 g/mol. The Hall–Kier alpha value is -0.800. The predicted octanol–water partition coefficient (Wildman–Crippen LogP) is 3.61. The van der Waals surface area contributed by atoms with Crippen LogP contribution in [0.4, 0.5) is 5.82 Å². The maximum absolute atomic E-state index is 6.43. The molecule has 2 rings (SSSR count). The molecular formula is C15H24ClN3. The topological polar surface area (TPSA) is 28.2 Å². The third-order valence-corrected chi connectivity index (χ3v) is 4.06. The zero-order chi connectivity index (χ0) is 13.7. The third-order valence-electron chi connectivity index (χ3n) is 3.78. The zero-order valence-electron chi connectivity index (χ0n) is 12.0. The Labute approximate surface area is 121 Å². The van der Waals surface area contributed by atoms with Crippen LogP contribution in [-0.2, 0) is 6.54 Å². The highest BCUT2D eigenvalue weighted by molar-refractivity contribution is 6.33. The van der Waals surface area contributed by atoms with Crippen molar-refractivity contribution in [2.24, 2.45) is 0 Å². The highest BCUT2D eigenvalue weighted by atomic mass is 35.5. The molecule has 0 amide bonds. The maximum Gasteiger partial charge on any atom is 0.147 e. The Morgan fingerprint density at radius 1 is 1.47 bits per heavy atom. The number of piperidine rings is 1. The molecule has 2 heterocycles. The van der Waals surface area contributed by atoms with Gasteiger partial charge in [-0.1, -0.05) is 24.9 Å². The summed E-state index contributed by atoms with van der Waals surface area (Å²) in [7, 11) is 1.93. The lowest BCUT2D eigenvalue weighted by Crippen LogP contribution is -2.40. The van der Waals surface area contributed by atoms with E-state index in [4.69, 9.17) is 11.6 Å². The van der Waals surface area contributed by atoms with Crippen LogP contribution in [0.1, 0.15) is 44.6 Å². The van der Waals surface area contributed by atoms with Crippen molar-refractivity contribution in [1.29, 1.82) is 0 Å². The lowest BCUT2D eigenvalue weighted by atomic mass is 9.98. The van der Waals surface area contributed by atoms with Crippen LogP contribution in [0.3, 0.4) is 0 Å². The van der Waals surface area contributed by atoms with Gasteiger partial charge in [0.1, 0.15) is 5.82 Å². The molecule has 0 bridgehead atoms. The van der Waals surface area contributed by atoms with Gasteiger partial charge in [-0.25, -0.2) is 4.98 Å². The van der Waals surface area contributed by atoms with Crippen LogP contribution in [0.25, 0.3) is 0 Å². The molecule has 0 aromatic carbocycles. The first kappa shape index (κ1) is 14.6. The molecule has 0 saturated carbocycles. The third kappa shape index (κ3) is 3.61. The average Bonchev–Trinajstić information content (AvgIpc) is 2.41. The molecule has 0 spiro atoms. The van der Waals surface area contributed by atoms with Gasteiger partial charge in [0.25, 0.3) is 0 Å². The second-order valence-corrected chi connectivity index (χ2v) is 5.72. The number of nitrogens with one attached hydrogen (secondary N) is 1. The number of halogens is 1. The molecule has 19 heavy (non-hydrogen) atoms. The Balaban J connectivity index is 2.18. The summed E-state index contributed by atoms with van der Waals surface area (Å²) in [5.41, 5.74) is 1.14. The Morgan fingerprint density at radius 3 is 3.00 bits per heavy atom. The standard InChI is InChI=1S/C15H24ClN3/c1-3-6-13-7-4-5-8-19(13)15-14(16)9-12(10-17-2)11-18-15/h9,11,13,17H,3-8,10H2,1-2H3. The van der Waals surface area contributed by atoms with Gasteiger partial charge >= 0.3 is 0 Å². The molecule has 1 aliphatic rings. The number of hydrogen-bond acceptors (Lipinski definition) is 3. The molecule has 3 nitrogen and oxygen atoms in total. The van der Waals surface area contributed by atoms with E-state index in [1.807, 2.05) is 19.3 Å². The first-order valence-corrected chi connectivity index (χ1v) is 7.69. The molecule has 1 atom stereocenters. The lowest BCUT2D eigenvalue weighted by Gasteiger charge is -2.37. The fourth-order valence-corrected chi connectivity index (χ4v) is 3.19. The maximum atomic E-state index is 6.43. The van der Waals surface area contributed by atoms with Crippen molar-refractivity contribution in [3.8, 4) is 0 Å². The number of rotatable bonds is 5. The van der Waals surface area contributed by atoms with Gasteiger partial charge in [0, 0.05) is 25.3 Å². The molecule has 1 fully saturated rings. The number of aromatic nitrogens is 1. The van der Waals surface area contributed by atoms with E-state index in [1.165, 1.54) is 32.1 Å². The Kier molecular flexibility index (Phi) is 5.46. The molecule has 1 saturated heterocycles. The smallest absolute Gasteiger partial charge is 0.147 e. The summed E-state index contributed by atoms with van der Waals surface area (Å²) in [5.74, 6) is 0.972. The van der Waals surface area contributed by atoms with E-state index in [-0.39, 0.29) is 0 Å². The summed E-state index contributed by atoms with van der Waals surface area (Å²) < 4.78 is 0. The molecule has 1 aliphatic heterocycles. The number of nitrogens with zero attached hydrogens (tertiary/aromatic N) is 2. The van der Waals surface area contributed by atoms with Crippen molar-refractivity contribution in [3.63, 3.8) is 0 Å². The minimum Gasteiger partial charge on any atom is -0.352 e. The minimum absolute atomic E-state index is 0.610. The second kappa shape index (κ2) is 7.11. The van der Waals surface area contributed by atoms with E-state index in [9.17, 15) is 0 Å². The van der Waals surface area contributed by atoms with E-state index in [0.717, 1.165) is 29.5 Å². The van der Waals surface area contributed by atoms with Crippen LogP contribution in [0.2, 0.25) is 5.02 Å². The van der Waals surface area contributed by atoms with E-state index in [1.54, 1.807) is 0 Å². The summed E-state index contributed by atoms with van der Waals surface area (Å²) in [5, 5.41) is 3.91. The first-order valence-electron chi connectivity index (χ1n) is 7.32. The van der Waals surface area contributed by atoms with Crippen molar-refractivity contribution in [2.45, 2.75) is 51.6 Å². The summed E-state index contributed by atoms with van der Waals surface area (Å²) in [6, 6.07) is 2.65. The van der Waals surface area contributed by atoms with Crippen molar-refractivity contribution < 1.29 is 0 Å². The predicted molar refractivity (Wildman–Crippen MR) is 81.9 cm³/mol. The zero-order valence-corrected chi connectivity index (χ0v) is 12.7. The largest absolute Gasteiger partial charge is 0.352 e. The molecule has 1 unspecified atom stereocenters. The van der Waals surface area contributed by atoms with Crippen molar-refractivity contribution in [1.82, 2.24) is 10.3 Å². The molecule has 106 valence electrons. The molecule has 0 aliphatic carbocycles. The minimum atomic E-state index is 0.610. The van der Waals surface area contributed by atoms with Gasteiger partial charge in [0.15, 0.2) is 0 Å². The normalized spacial score (nSPS) is 19.7. The second-order valence-electron chi connectivity index (χ2n) is 5.31. The fraction of sp³-hybridized carbons (Fsp3) is 0.667. The van der Waals surface area contributed by atoms with Crippen LogP contribution in [0.5, 0.6) is 0 Å². The van der Waals surface area contributed by atoms with Gasteiger partial charge < -0.3 is 10.2 Å². The van der Waals surface area contributed by atoms with Gasteiger partial charge in [-0.3, -0.25) is 0 Å². The van der Waals surface area contributed by atoms with E-state index >= 15 is 0 Å². The van der Waals surface area contributed by atoms with E-state index in [2.05, 4.69) is 22.1 Å². The summed E-state index contributed by atoms with van der Waals surface area (Å²) in [6.07, 6.45) is 8.24. The van der Waals surface area contributed by atoms with Gasteiger partial charge in [-0.2, -0.15) is 0 Å². The summed E-state index contributed by atoms with van der Waals surface area (Å²) >= 11 is 6.43. The number of pyridine rings is 1. The molecule has 4 heteroatoms. The van der Waals surface area contributed by atoms with Crippen molar-refractivity contribution in [2.75, 3.05) is 18.5 Å². The lowest BCUT2D eigenvalue weighted by molar-refractivity contribution is 0.432. The molecular weight excluding hydrogens is 258 g/mol. The Morgan fingerprint density at radius 2 is 2.32 bits per heavy atom. The van der Waals surface area contributed by atoms with Crippen molar-refractivity contribution >= 4 is 17.4 Å². The van der Waals surface area contributed by atoms with E-state index in [0.29, 0.717) is 6.04 Å². The average molecular weight is 282 g/mol. The van der Waals surface area contributed by atoms with Gasteiger partial charge in [-0.05, 0) is 44.4 Å². The van der Waals surface area contributed by atoms with E-state index < -0.39 is 0 Å². The van der Waals surface area contributed by atoms with Crippen LogP contribution >= 0.6 is 11.6 Å². The van der Waals surface area contributed by atoms with Crippen LogP contribution in [0, 0.1) is 0 Å². The van der Waals surface area contributed by atoms with Gasteiger partial charge in [0.05, 0.1) is 5.02 Å². The SMILES string of the molecule is CCCC1CCCCN1c1ncc(CNC)cc1Cl. The molecule has 1 aromatic rings. The first-order chi connectivity index (χ1) is 9.26. The summed E-state index contributed by atoms with van der Waals surface area (Å²) in [6.45, 7) is 4.14. The van der Waals surface area contributed by atoms with Gasteiger partial charge in [0.2, 0.25) is 0 Å².